The van der Waals surface area contributed by atoms with E-state index in [1.54, 1.807) is 6.92 Å². The molecule has 0 heterocycles. The molecule has 0 amide bonds. The molecule has 0 aliphatic carbocycles. The molecule has 0 atom stereocenters. The van der Waals surface area contributed by atoms with E-state index >= 15 is 0 Å². The molecule has 0 saturated carbocycles. The molecule has 0 saturated heterocycles. The predicted molar refractivity (Wildman–Crippen MR) is 69.9 cm³/mol. The molecule has 0 aromatic carbocycles. The first-order chi connectivity index (χ1) is 10.2. The van der Waals surface area contributed by atoms with Crippen molar-refractivity contribution in [2.45, 2.75) is 6.92 Å². The molecule has 4 N–H and O–H groups in total. The zero-order valence-corrected chi connectivity index (χ0v) is 14.6. The predicted octanol–water partition coefficient (Wildman–Crippen LogP) is -6.20. The van der Waals surface area contributed by atoms with Crippen molar-refractivity contribution in [3.05, 3.63) is 6.92 Å². The van der Waals surface area contributed by atoms with Gasteiger partial charge in [0, 0.05) is 39.3 Å². The van der Waals surface area contributed by atoms with E-state index in [0.717, 1.165) is 9.80 Å². The van der Waals surface area contributed by atoms with Crippen LogP contribution in [0.15, 0.2) is 0 Å². The molecule has 0 aromatic heterocycles. The van der Waals surface area contributed by atoms with E-state index in [4.69, 9.17) is 0 Å². The van der Waals surface area contributed by atoms with Crippen molar-refractivity contribution < 1.29 is 56.7 Å². The first kappa shape index (κ1) is 30.2. The van der Waals surface area contributed by atoms with Crippen molar-refractivity contribution in [2.24, 2.45) is 0 Å². The fraction of sp³-hybridized carbons (Fsp3) is 0.583. The number of nitrogens with zero attached hydrogens (tertiary/aromatic N) is 2. The quantitative estimate of drug-likeness (QED) is 0.260. The number of hydrogen-bond donors (Lipinski definition) is 1. The van der Waals surface area contributed by atoms with Gasteiger partial charge in [-0.25, -0.2) is 0 Å². The molecule has 24 heavy (non-hydrogen) atoms. The van der Waals surface area contributed by atoms with Crippen molar-refractivity contribution in [3.63, 3.8) is 0 Å². The fourth-order valence-corrected chi connectivity index (χ4v) is 1.44. The molecule has 0 bridgehead atoms. The van der Waals surface area contributed by atoms with Gasteiger partial charge in [-0.05, 0) is 0 Å². The van der Waals surface area contributed by atoms with Crippen LogP contribution >= 0.6 is 0 Å². The van der Waals surface area contributed by atoms with Gasteiger partial charge < -0.3 is 52.7 Å². The molecule has 0 radical (unpaired) electrons. The third kappa shape index (κ3) is 20.3. The van der Waals surface area contributed by atoms with Crippen molar-refractivity contribution >= 4 is 23.9 Å². The number of rotatable bonds is 11. The third-order valence-corrected chi connectivity index (χ3v) is 2.14. The molecular formula is C12H21FeN3O8. The van der Waals surface area contributed by atoms with Crippen LogP contribution in [0.2, 0.25) is 0 Å². The summed E-state index contributed by atoms with van der Waals surface area (Å²) in [6, 6.07) is 0. The second-order valence-corrected chi connectivity index (χ2v) is 3.91. The Morgan fingerprint density at radius 3 is 0.958 bits per heavy atom. The normalized spacial score (nSPS) is 9.17. The maximum absolute atomic E-state index is 10.4. The third-order valence-electron chi connectivity index (χ3n) is 2.14. The van der Waals surface area contributed by atoms with E-state index in [0.29, 0.717) is 0 Å². The number of carboxylic acid groups (broad SMARTS) is 4. The van der Waals surface area contributed by atoms with Crippen LogP contribution in [0.25, 0.3) is 0 Å². The van der Waals surface area contributed by atoms with Gasteiger partial charge in [-0.15, -0.1) is 0 Å². The first-order valence-corrected chi connectivity index (χ1v) is 6.15. The Bertz CT molecular complexity index is 326. The van der Waals surface area contributed by atoms with Gasteiger partial charge in [0.1, 0.15) is 0 Å². The summed E-state index contributed by atoms with van der Waals surface area (Å²) in [5.74, 6) is -6.12. The van der Waals surface area contributed by atoms with Gasteiger partial charge in [-0.2, -0.15) is 6.92 Å². The second-order valence-electron chi connectivity index (χ2n) is 3.91. The van der Waals surface area contributed by atoms with E-state index in [1.807, 2.05) is 0 Å². The standard InChI is InChI=1S/C10H16N2O8.C2H5.Fe.H3N/c13-7(14)3-11(4-8(15)16)1-2-12(5-9(17)18)6-10(19)20;1-2;;/h1-6H2,(H,13,14)(H,15,16)(H,17,18)(H,19,20);1H2,2H3;;1H3/q;-1;+4;/p-3. The van der Waals surface area contributed by atoms with Gasteiger partial charge in [-0.3, -0.25) is 9.80 Å². The molecule has 11 nitrogen and oxygen atoms in total. The Kier molecular flexibility index (Phi) is 22.2. The minimum atomic E-state index is -1.53. The second kappa shape index (κ2) is 17.6. The molecule has 0 aliphatic heterocycles. The Morgan fingerprint density at radius 2 is 0.833 bits per heavy atom. The summed E-state index contributed by atoms with van der Waals surface area (Å²) in [7, 11) is 0. The van der Waals surface area contributed by atoms with Gasteiger partial charge in [0.05, 0.1) is 23.9 Å². The minimum Gasteiger partial charge on any atom is -0.549 e. The van der Waals surface area contributed by atoms with E-state index < -0.39 is 50.1 Å². The van der Waals surface area contributed by atoms with Crippen LogP contribution in [-0.4, -0.2) is 72.9 Å². The summed E-state index contributed by atoms with van der Waals surface area (Å²) in [5, 5.41) is 41.6. The average Bonchev–Trinajstić information content (AvgIpc) is 2.35. The summed E-state index contributed by atoms with van der Waals surface area (Å²) in [4.78, 5) is 43.4. The van der Waals surface area contributed by atoms with E-state index in [2.05, 4.69) is 6.92 Å². The summed E-state index contributed by atoms with van der Waals surface area (Å²) in [5.41, 5.74) is 0. The summed E-state index contributed by atoms with van der Waals surface area (Å²) >= 11 is 0. The number of carbonyl (C=O) groups excluding carboxylic acids is 4. The molecule has 0 fully saturated rings. The van der Waals surface area contributed by atoms with Crippen LogP contribution < -0.4 is 26.6 Å². The molecule has 140 valence electrons. The van der Waals surface area contributed by atoms with Crippen LogP contribution in [0.4, 0.5) is 0 Å². The minimum absolute atomic E-state index is 0. The molecule has 0 rings (SSSR count). The SMILES string of the molecule is O=C([O-])CN(CCN(CC(=O)[O-])CC(=O)[O-])CC(=O)[O-].[CH2-]C.[Fe+4].[NH4+]. The van der Waals surface area contributed by atoms with Gasteiger partial charge in [0.15, 0.2) is 0 Å². The molecule has 0 spiro atoms. The zero-order chi connectivity index (χ0) is 17.7. The van der Waals surface area contributed by atoms with Crippen molar-refractivity contribution in [1.82, 2.24) is 16.0 Å². The topological polar surface area (TPSA) is 204 Å². The van der Waals surface area contributed by atoms with Gasteiger partial charge in [0.2, 0.25) is 0 Å². The van der Waals surface area contributed by atoms with Crippen molar-refractivity contribution in [2.75, 3.05) is 39.3 Å². The monoisotopic (exact) mass is 391 g/mol. The van der Waals surface area contributed by atoms with E-state index in [1.165, 1.54) is 0 Å². The number of quaternary nitrogens is 1. The number of carbonyl (C=O) groups is 4. The molecule has 0 aromatic rings. The van der Waals surface area contributed by atoms with Gasteiger partial charge >= 0.3 is 17.1 Å². The van der Waals surface area contributed by atoms with Crippen molar-refractivity contribution in [1.29, 1.82) is 0 Å². The smallest absolute Gasteiger partial charge is 0.549 e. The number of carboxylic acids is 4. The molecule has 12 heteroatoms. The molecule has 0 unspecified atom stereocenters. The van der Waals surface area contributed by atoms with Gasteiger partial charge in [0.25, 0.3) is 0 Å². The maximum atomic E-state index is 10.4. The Morgan fingerprint density at radius 1 is 0.667 bits per heavy atom. The van der Waals surface area contributed by atoms with Crippen LogP contribution in [0, 0.1) is 6.92 Å². The molecule has 0 aliphatic rings. The summed E-state index contributed by atoms with van der Waals surface area (Å²) in [6.07, 6.45) is 0. The largest absolute Gasteiger partial charge is 4.00 e. The number of hydrogen-bond acceptors (Lipinski definition) is 10. The number of aliphatic carboxylic acids is 4. The van der Waals surface area contributed by atoms with E-state index in [9.17, 15) is 39.6 Å². The van der Waals surface area contributed by atoms with Crippen LogP contribution in [-0.2, 0) is 36.2 Å². The maximum Gasteiger partial charge on any atom is 4.00 e. The van der Waals surface area contributed by atoms with Crippen molar-refractivity contribution in [3.8, 4) is 0 Å². The average molecular weight is 391 g/mol. The fourth-order valence-electron chi connectivity index (χ4n) is 1.44. The zero-order valence-electron chi connectivity index (χ0n) is 13.5. The summed E-state index contributed by atoms with van der Waals surface area (Å²) < 4.78 is 0. The summed E-state index contributed by atoms with van der Waals surface area (Å²) in [6.45, 7) is 1.75. The molecular weight excluding hydrogens is 370 g/mol. The van der Waals surface area contributed by atoms with Crippen LogP contribution in [0.1, 0.15) is 6.92 Å². The van der Waals surface area contributed by atoms with E-state index in [-0.39, 0.29) is 36.3 Å². The van der Waals surface area contributed by atoms with Crippen LogP contribution in [0.3, 0.4) is 0 Å². The van der Waals surface area contributed by atoms with Gasteiger partial charge in [-0.1, -0.05) is 0 Å². The Hall–Kier alpha value is -1.72. The van der Waals surface area contributed by atoms with Crippen LogP contribution in [0.5, 0.6) is 0 Å². The Labute approximate surface area is 150 Å². The Balaban J connectivity index is -0.000000480. The first-order valence-electron chi connectivity index (χ1n) is 6.15.